The van der Waals surface area contributed by atoms with E-state index in [1.807, 2.05) is 30.3 Å². The summed E-state index contributed by atoms with van der Waals surface area (Å²) in [7, 11) is 1.36. The second kappa shape index (κ2) is 13.1. The van der Waals surface area contributed by atoms with Crippen LogP contribution in [0, 0.1) is 5.82 Å². The van der Waals surface area contributed by atoms with Crippen molar-refractivity contribution in [2.45, 2.75) is 24.3 Å². The first-order valence-electron chi connectivity index (χ1n) is 9.98. The Bertz CT molecular complexity index is 1030. The molecule has 0 aliphatic rings. The van der Waals surface area contributed by atoms with Crippen LogP contribution < -0.4 is 10.1 Å². The fourth-order valence-corrected chi connectivity index (χ4v) is 2.85. The maximum Gasteiger partial charge on any atom is 0.325 e. The highest BCUT2D eigenvalue weighted by Crippen LogP contribution is 2.27. The topological polar surface area (TPSA) is 97.8 Å². The number of carbonyl (C=O) groups is 2. The number of thiol groups is 1. The van der Waals surface area contributed by atoms with Gasteiger partial charge in [-0.3, -0.25) is 9.59 Å². The van der Waals surface area contributed by atoms with E-state index in [0.29, 0.717) is 6.42 Å². The van der Waals surface area contributed by atoms with Gasteiger partial charge in [0.1, 0.15) is 18.5 Å². The molecule has 1 aromatic heterocycles. The first kappa shape index (κ1) is 25.7. The van der Waals surface area contributed by atoms with E-state index >= 15 is 0 Å². The molecule has 9 heteroatoms. The van der Waals surface area contributed by atoms with E-state index in [4.69, 9.17) is 9.47 Å². The van der Waals surface area contributed by atoms with Gasteiger partial charge in [0.2, 0.25) is 0 Å². The molecule has 0 aliphatic carbocycles. The highest BCUT2D eigenvalue weighted by atomic mass is 32.1. The monoisotopic (exact) mass is 472 g/mol. The molecule has 0 spiro atoms. The van der Waals surface area contributed by atoms with Gasteiger partial charge in [-0.15, -0.1) is 12.6 Å². The van der Waals surface area contributed by atoms with Crippen molar-refractivity contribution in [3.05, 3.63) is 83.9 Å². The number of nitrogens with one attached hydrogen (secondary N) is 1. The van der Waals surface area contributed by atoms with E-state index in [0.717, 1.165) is 10.5 Å². The number of benzene rings is 2. The molecule has 33 heavy (non-hydrogen) atoms. The summed E-state index contributed by atoms with van der Waals surface area (Å²) in [4.78, 5) is 28.4. The molecule has 0 saturated heterocycles. The molecule has 1 atom stereocenters. The lowest BCUT2D eigenvalue weighted by Crippen LogP contribution is -2.33. The zero-order chi connectivity index (χ0) is 24.2. The minimum absolute atomic E-state index is 0.124. The van der Waals surface area contributed by atoms with Crippen LogP contribution in [-0.4, -0.2) is 41.7 Å². The van der Waals surface area contributed by atoms with Crippen molar-refractivity contribution in [1.82, 2.24) is 10.3 Å². The van der Waals surface area contributed by atoms with Crippen LogP contribution in [0.3, 0.4) is 0 Å². The van der Waals surface area contributed by atoms with Crippen molar-refractivity contribution in [2.24, 2.45) is 0 Å². The zero-order valence-corrected chi connectivity index (χ0v) is 19.1. The van der Waals surface area contributed by atoms with Gasteiger partial charge in [-0.2, -0.15) is 0 Å². The summed E-state index contributed by atoms with van der Waals surface area (Å²) in [5.41, 5.74) is 0.835. The van der Waals surface area contributed by atoms with Crippen molar-refractivity contribution < 1.29 is 28.6 Å². The Morgan fingerprint density at radius 1 is 1.12 bits per heavy atom. The second-order valence-corrected chi connectivity index (χ2v) is 7.38. The Morgan fingerprint density at radius 2 is 1.79 bits per heavy atom. The highest BCUT2D eigenvalue weighted by molar-refractivity contribution is 7.80. The Labute approximate surface area is 197 Å². The fraction of sp³-hybridized carbons (Fsp3) is 0.208. The second-order valence-electron chi connectivity index (χ2n) is 6.86. The third-order valence-electron chi connectivity index (χ3n) is 4.24. The number of hydrogen-bond acceptors (Lipinski definition) is 7. The number of esters is 1. The summed E-state index contributed by atoms with van der Waals surface area (Å²) in [6.07, 6.45) is 1.59. The first-order chi connectivity index (χ1) is 15.8. The van der Waals surface area contributed by atoms with Crippen LogP contribution in [0.2, 0.25) is 0 Å². The number of carbonyl (C=O) groups excluding carboxylic acids is 2. The SMILES string of the molecule is COc1ccnc(C(=O)NCC(=O)OC(C)Cc2ccccc2)c1O.Fc1ccc(S)cc1. The largest absolute Gasteiger partial charge is 0.503 e. The minimum atomic E-state index is -0.691. The molecule has 0 aliphatic heterocycles. The van der Waals surface area contributed by atoms with Crippen molar-refractivity contribution in [3.63, 3.8) is 0 Å². The molecule has 0 fully saturated rings. The van der Waals surface area contributed by atoms with Crippen LogP contribution >= 0.6 is 12.6 Å². The molecule has 1 heterocycles. The number of rotatable bonds is 7. The van der Waals surface area contributed by atoms with E-state index in [9.17, 15) is 19.1 Å². The van der Waals surface area contributed by atoms with Gasteiger partial charge in [0, 0.05) is 23.6 Å². The average Bonchev–Trinajstić information content (AvgIpc) is 2.80. The molecule has 1 unspecified atom stereocenters. The van der Waals surface area contributed by atoms with Crippen molar-refractivity contribution >= 4 is 24.5 Å². The number of ether oxygens (including phenoxy) is 2. The lowest BCUT2D eigenvalue weighted by Gasteiger charge is -2.14. The van der Waals surface area contributed by atoms with Gasteiger partial charge in [-0.1, -0.05) is 30.3 Å². The van der Waals surface area contributed by atoms with Crippen LogP contribution in [0.4, 0.5) is 4.39 Å². The normalized spacial score (nSPS) is 10.9. The van der Waals surface area contributed by atoms with Crippen molar-refractivity contribution in [1.29, 1.82) is 0 Å². The van der Waals surface area contributed by atoms with Crippen molar-refractivity contribution in [3.8, 4) is 11.5 Å². The summed E-state index contributed by atoms with van der Waals surface area (Å²) < 4.78 is 22.2. The zero-order valence-electron chi connectivity index (χ0n) is 18.2. The molecular weight excluding hydrogens is 447 g/mol. The summed E-state index contributed by atoms with van der Waals surface area (Å²) >= 11 is 3.97. The molecule has 1 amide bonds. The third-order valence-corrected chi connectivity index (χ3v) is 4.54. The fourth-order valence-electron chi connectivity index (χ4n) is 2.70. The number of hydrogen-bond donors (Lipinski definition) is 3. The number of halogens is 1. The predicted octanol–water partition coefficient (Wildman–Crippen LogP) is 3.81. The summed E-state index contributed by atoms with van der Waals surface area (Å²) in [5, 5.41) is 12.2. The van der Waals surface area contributed by atoms with Gasteiger partial charge in [-0.05, 0) is 36.8 Å². The lowest BCUT2D eigenvalue weighted by molar-refractivity contribution is -0.146. The quantitative estimate of drug-likeness (QED) is 0.357. The molecule has 2 aromatic carbocycles. The number of amides is 1. The van der Waals surface area contributed by atoms with Crippen molar-refractivity contribution in [2.75, 3.05) is 13.7 Å². The Balaban J connectivity index is 0.000000405. The lowest BCUT2D eigenvalue weighted by atomic mass is 10.1. The van der Waals surface area contributed by atoms with Crippen LogP contribution in [0.1, 0.15) is 23.0 Å². The van der Waals surface area contributed by atoms with Gasteiger partial charge in [0.25, 0.3) is 5.91 Å². The Hall–Kier alpha value is -3.59. The van der Waals surface area contributed by atoms with E-state index < -0.39 is 11.9 Å². The molecule has 3 rings (SSSR count). The van der Waals surface area contributed by atoms with Gasteiger partial charge in [0.05, 0.1) is 7.11 Å². The van der Waals surface area contributed by atoms with E-state index in [-0.39, 0.29) is 35.7 Å². The first-order valence-corrected chi connectivity index (χ1v) is 10.4. The molecule has 0 saturated carbocycles. The molecule has 174 valence electrons. The van der Waals surface area contributed by atoms with E-state index in [1.165, 1.54) is 31.5 Å². The van der Waals surface area contributed by atoms with Gasteiger partial charge < -0.3 is 19.9 Å². The number of aromatic hydroxyl groups is 1. The molecule has 2 N–H and O–H groups in total. The Kier molecular flexibility index (Phi) is 10.2. The summed E-state index contributed by atoms with van der Waals surface area (Å²) in [6, 6.07) is 17.0. The summed E-state index contributed by atoms with van der Waals surface area (Å²) in [5.74, 6) is -1.74. The average molecular weight is 473 g/mol. The number of methoxy groups -OCH3 is 1. The van der Waals surface area contributed by atoms with Crippen LogP contribution in [-0.2, 0) is 16.0 Å². The van der Waals surface area contributed by atoms with Gasteiger partial charge in [-0.25, -0.2) is 9.37 Å². The smallest absolute Gasteiger partial charge is 0.325 e. The van der Waals surface area contributed by atoms with Gasteiger partial charge in [0.15, 0.2) is 17.2 Å². The predicted molar refractivity (Wildman–Crippen MR) is 124 cm³/mol. The Morgan fingerprint density at radius 3 is 2.39 bits per heavy atom. The maximum absolute atomic E-state index is 12.1. The number of nitrogens with zero attached hydrogens (tertiary/aromatic N) is 1. The van der Waals surface area contributed by atoms with E-state index in [1.54, 1.807) is 19.1 Å². The molecule has 3 aromatic rings. The molecule has 7 nitrogen and oxygen atoms in total. The summed E-state index contributed by atoms with van der Waals surface area (Å²) in [6.45, 7) is 1.46. The number of pyridine rings is 1. The van der Waals surface area contributed by atoms with E-state index in [2.05, 4.69) is 22.9 Å². The standard InChI is InChI=1S/C18H20N2O5.C6H5FS/c1-12(10-13-6-4-3-5-7-13)25-15(21)11-20-18(23)16-17(22)14(24-2)8-9-19-16;7-5-1-3-6(8)4-2-5/h3-9,12,22H,10-11H2,1-2H3,(H,20,23);1-4,8H. The highest BCUT2D eigenvalue weighted by Gasteiger charge is 2.18. The molecular formula is C24H25FN2O5S. The number of aromatic nitrogens is 1. The molecule has 0 bridgehead atoms. The maximum atomic E-state index is 12.1. The molecule has 0 radical (unpaired) electrons. The van der Waals surface area contributed by atoms with Crippen LogP contribution in [0.5, 0.6) is 11.5 Å². The van der Waals surface area contributed by atoms with Crippen LogP contribution in [0.15, 0.2) is 71.8 Å². The minimum Gasteiger partial charge on any atom is -0.503 e. The van der Waals surface area contributed by atoms with Gasteiger partial charge >= 0.3 is 5.97 Å². The van der Waals surface area contributed by atoms with Crippen LogP contribution in [0.25, 0.3) is 0 Å². The third kappa shape index (κ3) is 8.82.